The molecule has 0 aliphatic rings. The Bertz CT molecular complexity index is 615. The minimum Gasteiger partial charge on any atom is -0.508 e. The van der Waals surface area contributed by atoms with Gasteiger partial charge >= 0.3 is 0 Å². The lowest BCUT2D eigenvalue weighted by Crippen LogP contribution is -2.06. The van der Waals surface area contributed by atoms with Crippen LogP contribution in [0.15, 0.2) is 42.5 Å². The predicted octanol–water partition coefficient (Wildman–Crippen LogP) is 3.12. The maximum absolute atomic E-state index is 12.2. The van der Waals surface area contributed by atoms with Crippen molar-refractivity contribution in [2.24, 2.45) is 0 Å². The van der Waals surface area contributed by atoms with Gasteiger partial charge in [-0.15, -0.1) is 0 Å². The van der Waals surface area contributed by atoms with E-state index in [-0.39, 0.29) is 28.9 Å². The third-order valence-electron chi connectivity index (χ3n) is 2.71. The van der Waals surface area contributed by atoms with Crippen LogP contribution in [0.1, 0.15) is 29.8 Å². The Morgan fingerprint density at radius 1 is 1.05 bits per heavy atom. The van der Waals surface area contributed by atoms with Gasteiger partial charge in [0.15, 0.2) is 5.78 Å². The number of hydrogen-bond acceptors (Lipinski definition) is 4. The second kappa shape index (κ2) is 5.65. The van der Waals surface area contributed by atoms with Crippen LogP contribution in [0.2, 0.25) is 0 Å². The molecule has 2 N–H and O–H groups in total. The van der Waals surface area contributed by atoms with Crippen LogP contribution in [-0.4, -0.2) is 22.1 Å². The molecule has 4 heteroatoms. The van der Waals surface area contributed by atoms with Crippen LogP contribution in [0, 0.1) is 0 Å². The molecule has 0 aliphatic carbocycles. The molecular weight excluding hydrogens is 256 g/mol. The summed E-state index contributed by atoms with van der Waals surface area (Å²) in [7, 11) is 0. The fourth-order valence-corrected chi connectivity index (χ4v) is 1.82. The number of benzene rings is 2. The number of phenolic OH excluding ortho intramolecular Hbond substituents is 2. The number of hydrogen-bond donors (Lipinski definition) is 2. The number of ether oxygens (including phenoxy) is 1. The first kappa shape index (κ1) is 13.9. The van der Waals surface area contributed by atoms with E-state index in [4.69, 9.17) is 4.74 Å². The summed E-state index contributed by atoms with van der Waals surface area (Å²) >= 11 is 0. The number of aromatic hydroxyl groups is 2. The predicted molar refractivity (Wildman–Crippen MR) is 75.4 cm³/mol. The Kier molecular flexibility index (Phi) is 3.94. The molecule has 0 bridgehead atoms. The van der Waals surface area contributed by atoms with Gasteiger partial charge in [-0.1, -0.05) is 0 Å². The van der Waals surface area contributed by atoms with Gasteiger partial charge in [-0.25, -0.2) is 0 Å². The van der Waals surface area contributed by atoms with Crippen molar-refractivity contribution in [2.75, 3.05) is 0 Å². The maximum Gasteiger partial charge on any atom is 0.196 e. The van der Waals surface area contributed by atoms with E-state index in [1.54, 1.807) is 24.3 Å². The molecule has 20 heavy (non-hydrogen) atoms. The average Bonchev–Trinajstić information content (AvgIpc) is 2.38. The summed E-state index contributed by atoms with van der Waals surface area (Å²) in [5.41, 5.74) is 0.599. The Morgan fingerprint density at radius 3 is 2.25 bits per heavy atom. The van der Waals surface area contributed by atoms with Gasteiger partial charge in [0.2, 0.25) is 0 Å². The van der Waals surface area contributed by atoms with E-state index < -0.39 is 0 Å². The molecule has 0 spiro atoms. The van der Waals surface area contributed by atoms with Crippen LogP contribution in [-0.2, 0) is 0 Å². The molecule has 0 aliphatic heterocycles. The first-order chi connectivity index (χ1) is 9.47. The minimum atomic E-state index is -0.307. The Labute approximate surface area is 117 Å². The van der Waals surface area contributed by atoms with Crippen molar-refractivity contribution in [1.82, 2.24) is 0 Å². The van der Waals surface area contributed by atoms with Crippen molar-refractivity contribution in [3.05, 3.63) is 53.6 Å². The van der Waals surface area contributed by atoms with Crippen molar-refractivity contribution in [3.8, 4) is 17.2 Å². The topological polar surface area (TPSA) is 66.8 Å². The molecule has 2 aromatic carbocycles. The van der Waals surface area contributed by atoms with Gasteiger partial charge in [0.1, 0.15) is 17.2 Å². The van der Waals surface area contributed by atoms with Crippen LogP contribution in [0.3, 0.4) is 0 Å². The highest BCUT2D eigenvalue weighted by Crippen LogP contribution is 2.25. The van der Waals surface area contributed by atoms with Gasteiger partial charge in [-0.05, 0) is 50.2 Å². The maximum atomic E-state index is 12.2. The number of rotatable bonds is 4. The standard InChI is InChI=1S/C16H16O4/c1-10(2)20-13-6-3-11(4-7-13)16(19)14-8-5-12(17)9-15(14)18/h3-10,17-18H,1-2H3. The first-order valence-corrected chi connectivity index (χ1v) is 6.31. The summed E-state index contributed by atoms with van der Waals surface area (Å²) in [5, 5.41) is 18.9. The molecule has 2 aromatic rings. The number of ketones is 1. The van der Waals surface area contributed by atoms with Gasteiger partial charge in [-0.2, -0.15) is 0 Å². The van der Waals surface area contributed by atoms with Crippen LogP contribution < -0.4 is 4.74 Å². The number of phenols is 2. The lowest BCUT2D eigenvalue weighted by Gasteiger charge is -2.10. The summed E-state index contributed by atoms with van der Waals surface area (Å²) in [6.45, 7) is 3.85. The highest BCUT2D eigenvalue weighted by atomic mass is 16.5. The normalized spacial score (nSPS) is 10.6. The molecule has 0 heterocycles. The number of carbonyl (C=O) groups is 1. The zero-order valence-electron chi connectivity index (χ0n) is 11.3. The van der Waals surface area contributed by atoms with Gasteiger partial charge in [0, 0.05) is 11.6 Å². The summed E-state index contributed by atoms with van der Waals surface area (Å²) in [6, 6.07) is 10.6. The molecule has 0 saturated heterocycles. The molecule has 0 unspecified atom stereocenters. The molecule has 104 valence electrons. The third kappa shape index (κ3) is 3.09. The smallest absolute Gasteiger partial charge is 0.196 e. The van der Waals surface area contributed by atoms with Gasteiger partial charge in [-0.3, -0.25) is 4.79 Å². The molecule has 0 amide bonds. The molecule has 2 rings (SSSR count). The second-order valence-corrected chi connectivity index (χ2v) is 4.72. The van der Waals surface area contributed by atoms with Crippen molar-refractivity contribution in [1.29, 1.82) is 0 Å². The SMILES string of the molecule is CC(C)Oc1ccc(C(=O)c2ccc(O)cc2O)cc1. The summed E-state index contributed by atoms with van der Waals surface area (Å²) in [6.07, 6.45) is 0.0673. The quantitative estimate of drug-likeness (QED) is 0.839. The van der Waals surface area contributed by atoms with Crippen molar-refractivity contribution >= 4 is 5.78 Å². The Morgan fingerprint density at radius 2 is 1.70 bits per heavy atom. The first-order valence-electron chi connectivity index (χ1n) is 6.31. The molecule has 0 aromatic heterocycles. The largest absolute Gasteiger partial charge is 0.508 e. The second-order valence-electron chi connectivity index (χ2n) is 4.72. The summed E-state index contributed by atoms with van der Waals surface area (Å²) < 4.78 is 5.50. The van der Waals surface area contributed by atoms with Crippen molar-refractivity contribution < 1.29 is 19.7 Å². The molecule has 0 saturated carbocycles. The van der Waals surface area contributed by atoms with Crippen molar-refractivity contribution in [2.45, 2.75) is 20.0 Å². The van der Waals surface area contributed by atoms with E-state index in [0.717, 1.165) is 6.07 Å². The lowest BCUT2D eigenvalue weighted by atomic mass is 10.0. The van der Waals surface area contributed by atoms with Crippen LogP contribution in [0.4, 0.5) is 0 Å². The fourth-order valence-electron chi connectivity index (χ4n) is 1.82. The summed E-state index contributed by atoms with van der Waals surface area (Å²) in [5.74, 6) is 0.0577. The van der Waals surface area contributed by atoms with Gasteiger partial charge in [0.05, 0.1) is 11.7 Å². The molecule has 0 atom stereocenters. The van der Waals surface area contributed by atoms with Crippen molar-refractivity contribution in [3.63, 3.8) is 0 Å². The van der Waals surface area contributed by atoms with E-state index in [2.05, 4.69) is 0 Å². The van der Waals surface area contributed by atoms with Crippen LogP contribution in [0.25, 0.3) is 0 Å². The zero-order chi connectivity index (χ0) is 14.7. The van der Waals surface area contributed by atoms with E-state index in [9.17, 15) is 15.0 Å². The van der Waals surface area contributed by atoms with E-state index in [1.807, 2.05) is 13.8 Å². The summed E-state index contributed by atoms with van der Waals surface area (Å²) in [4.78, 5) is 12.2. The zero-order valence-corrected chi connectivity index (χ0v) is 11.3. The molecular formula is C16H16O4. The minimum absolute atomic E-state index is 0.0673. The van der Waals surface area contributed by atoms with E-state index >= 15 is 0 Å². The molecule has 0 fully saturated rings. The highest BCUT2D eigenvalue weighted by molar-refractivity contribution is 6.10. The fraction of sp³-hybridized carbons (Fsp3) is 0.188. The third-order valence-corrected chi connectivity index (χ3v) is 2.71. The van der Waals surface area contributed by atoms with Gasteiger partial charge < -0.3 is 14.9 Å². The lowest BCUT2D eigenvalue weighted by molar-refractivity contribution is 0.103. The molecule has 0 radical (unpaired) electrons. The van der Waals surface area contributed by atoms with Crippen LogP contribution >= 0.6 is 0 Å². The van der Waals surface area contributed by atoms with Gasteiger partial charge in [0.25, 0.3) is 0 Å². The Hall–Kier alpha value is -2.49. The Balaban J connectivity index is 2.25. The highest BCUT2D eigenvalue weighted by Gasteiger charge is 2.14. The molecule has 4 nitrogen and oxygen atoms in total. The monoisotopic (exact) mass is 272 g/mol. The van der Waals surface area contributed by atoms with E-state index in [0.29, 0.717) is 11.3 Å². The number of carbonyl (C=O) groups excluding carboxylic acids is 1. The average molecular weight is 272 g/mol. The van der Waals surface area contributed by atoms with Crippen LogP contribution in [0.5, 0.6) is 17.2 Å². The van der Waals surface area contributed by atoms with E-state index in [1.165, 1.54) is 12.1 Å².